The molecule has 1 rings (SSSR count). The smallest absolute Gasteiger partial charge is 0.184 e. The number of hydrogen-bond acceptors (Lipinski definition) is 4. The van der Waals surface area contributed by atoms with Crippen LogP contribution in [-0.4, -0.2) is 22.2 Å². The molecule has 0 aromatic carbocycles. The third kappa shape index (κ3) is 3.12. The van der Waals surface area contributed by atoms with Crippen molar-refractivity contribution >= 4 is 28.1 Å². The molecule has 80 valence electrons. The number of thiazole rings is 1. The predicted octanol–water partition coefficient (Wildman–Crippen LogP) is 2.76. The highest BCUT2D eigenvalue weighted by atomic mass is 35.5. The first kappa shape index (κ1) is 11.8. The summed E-state index contributed by atoms with van der Waals surface area (Å²) in [6.07, 6.45) is 1.64. The molecule has 1 unspecified atom stereocenters. The minimum atomic E-state index is -0.101. The zero-order chi connectivity index (χ0) is 10.6. The lowest BCUT2D eigenvalue weighted by atomic mass is 9.95. The van der Waals surface area contributed by atoms with E-state index >= 15 is 0 Å². The van der Waals surface area contributed by atoms with Gasteiger partial charge in [-0.3, -0.25) is 0 Å². The van der Waals surface area contributed by atoms with E-state index in [1.165, 1.54) is 11.3 Å². The molecule has 5 heteroatoms. The maximum Gasteiger partial charge on any atom is 0.184 e. The van der Waals surface area contributed by atoms with E-state index in [1.807, 2.05) is 0 Å². The average molecular weight is 235 g/mol. The number of aromatic nitrogens is 1. The number of halogens is 1. The van der Waals surface area contributed by atoms with Crippen LogP contribution in [0.2, 0.25) is 5.15 Å². The van der Waals surface area contributed by atoms with Crippen LogP contribution in [0.15, 0.2) is 5.38 Å². The van der Waals surface area contributed by atoms with Gasteiger partial charge in [0.05, 0.1) is 0 Å². The second-order valence-electron chi connectivity index (χ2n) is 3.49. The molecule has 0 bridgehead atoms. The van der Waals surface area contributed by atoms with Crippen LogP contribution < -0.4 is 5.32 Å². The molecule has 1 heterocycles. The molecule has 0 amide bonds. The van der Waals surface area contributed by atoms with Crippen molar-refractivity contribution < 1.29 is 5.11 Å². The molecule has 1 aromatic heterocycles. The first-order valence-corrected chi connectivity index (χ1v) is 5.85. The average Bonchev–Trinajstić information content (AvgIpc) is 2.51. The van der Waals surface area contributed by atoms with Crippen LogP contribution in [0.3, 0.4) is 0 Å². The van der Waals surface area contributed by atoms with Crippen molar-refractivity contribution in [2.75, 3.05) is 11.9 Å². The Morgan fingerprint density at radius 3 is 2.86 bits per heavy atom. The van der Waals surface area contributed by atoms with Crippen LogP contribution in [0.4, 0.5) is 5.13 Å². The van der Waals surface area contributed by atoms with E-state index in [0.29, 0.717) is 11.6 Å². The molecule has 0 saturated heterocycles. The van der Waals surface area contributed by atoms with Crippen molar-refractivity contribution in [1.82, 2.24) is 4.98 Å². The summed E-state index contributed by atoms with van der Waals surface area (Å²) in [5, 5.41) is 15.3. The van der Waals surface area contributed by atoms with E-state index < -0.39 is 0 Å². The normalized spacial score (nSPS) is 15.1. The molecule has 0 aliphatic carbocycles. The van der Waals surface area contributed by atoms with Gasteiger partial charge in [-0.2, -0.15) is 0 Å². The maximum atomic E-state index is 8.93. The van der Waals surface area contributed by atoms with E-state index in [0.717, 1.165) is 11.6 Å². The van der Waals surface area contributed by atoms with Gasteiger partial charge in [0.15, 0.2) is 5.13 Å². The molecule has 3 nitrogen and oxygen atoms in total. The Bertz CT molecular complexity index is 292. The fourth-order valence-corrected chi connectivity index (χ4v) is 2.13. The number of aliphatic hydroxyl groups excluding tert-OH is 1. The van der Waals surface area contributed by atoms with Crippen LogP contribution in [0.1, 0.15) is 26.7 Å². The summed E-state index contributed by atoms with van der Waals surface area (Å²) in [5.74, 6) is 0. The summed E-state index contributed by atoms with van der Waals surface area (Å²) in [5.41, 5.74) is -0.101. The summed E-state index contributed by atoms with van der Waals surface area (Å²) in [6.45, 7) is 4.33. The minimum Gasteiger partial charge on any atom is -0.396 e. The molecule has 1 atom stereocenters. The highest BCUT2D eigenvalue weighted by molar-refractivity contribution is 7.14. The number of hydrogen-bond donors (Lipinski definition) is 2. The zero-order valence-electron chi connectivity index (χ0n) is 8.38. The lowest BCUT2D eigenvalue weighted by molar-refractivity contribution is 0.252. The molecular formula is C9H15ClN2OS. The first-order valence-electron chi connectivity index (χ1n) is 4.60. The van der Waals surface area contributed by atoms with Crippen molar-refractivity contribution in [3.8, 4) is 0 Å². The van der Waals surface area contributed by atoms with Crippen LogP contribution in [0.5, 0.6) is 0 Å². The number of aliphatic hydroxyl groups is 1. The Hall–Kier alpha value is -0.320. The molecule has 0 radical (unpaired) electrons. The van der Waals surface area contributed by atoms with Gasteiger partial charge in [-0.25, -0.2) is 4.98 Å². The molecular weight excluding hydrogens is 220 g/mol. The van der Waals surface area contributed by atoms with Crippen LogP contribution >= 0.6 is 22.9 Å². The monoisotopic (exact) mass is 234 g/mol. The van der Waals surface area contributed by atoms with Gasteiger partial charge in [0.2, 0.25) is 0 Å². The first-order chi connectivity index (χ1) is 6.59. The zero-order valence-corrected chi connectivity index (χ0v) is 9.95. The van der Waals surface area contributed by atoms with Crippen molar-refractivity contribution in [1.29, 1.82) is 0 Å². The van der Waals surface area contributed by atoms with E-state index in [2.05, 4.69) is 24.1 Å². The van der Waals surface area contributed by atoms with Gasteiger partial charge in [-0.1, -0.05) is 18.5 Å². The van der Waals surface area contributed by atoms with E-state index in [4.69, 9.17) is 16.7 Å². The summed E-state index contributed by atoms with van der Waals surface area (Å²) < 4.78 is 0. The Balaban J connectivity index is 2.64. The largest absolute Gasteiger partial charge is 0.396 e. The summed E-state index contributed by atoms with van der Waals surface area (Å²) >= 11 is 7.20. The molecule has 0 fully saturated rings. The molecule has 0 aliphatic heterocycles. The Kier molecular flexibility index (Phi) is 4.16. The summed E-state index contributed by atoms with van der Waals surface area (Å²) in [6, 6.07) is 0. The summed E-state index contributed by atoms with van der Waals surface area (Å²) in [7, 11) is 0. The lowest BCUT2D eigenvalue weighted by Gasteiger charge is -2.28. The van der Waals surface area contributed by atoms with Gasteiger partial charge in [-0.05, 0) is 19.8 Å². The highest BCUT2D eigenvalue weighted by Crippen LogP contribution is 2.25. The van der Waals surface area contributed by atoms with Crippen molar-refractivity contribution in [2.24, 2.45) is 0 Å². The minimum absolute atomic E-state index is 0.101. The number of rotatable bonds is 5. The number of anilines is 1. The SMILES string of the molecule is CCC(C)(CCO)Nc1nc(Cl)cs1. The predicted molar refractivity (Wildman–Crippen MR) is 61.1 cm³/mol. The second-order valence-corrected chi connectivity index (χ2v) is 4.73. The van der Waals surface area contributed by atoms with Gasteiger partial charge >= 0.3 is 0 Å². The van der Waals surface area contributed by atoms with Crippen LogP contribution in [0, 0.1) is 0 Å². The Morgan fingerprint density at radius 1 is 1.71 bits per heavy atom. The quantitative estimate of drug-likeness (QED) is 0.824. The topological polar surface area (TPSA) is 45.1 Å². The highest BCUT2D eigenvalue weighted by Gasteiger charge is 2.22. The second kappa shape index (κ2) is 4.96. The molecule has 2 N–H and O–H groups in total. The van der Waals surface area contributed by atoms with Gasteiger partial charge in [0, 0.05) is 17.5 Å². The van der Waals surface area contributed by atoms with E-state index in [9.17, 15) is 0 Å². The van der Waals surface area contributed by atoms with Crippen molar-refractivity contribution in [2.45, 2.75) is 32.2 Å². The molecule has 14 heavy (non-hydrogen) atoms. The Labute approximate surface area is 93.1 Å². The molecule has 0 aliphatic rings. The fraction of sp³-hybridized carbons (Fsp3) is 0.667. The molecule has 0 saturated carbocycles. The van der Waals surface area contributed by atoms with Crippen molar-refractivity contribution in [3.63, 3.8) is 0 Å². The molecule has 1 aromatic rings. The fourth-order valence-electron chi connectivity index (χ4n) is 1.14. The van der Waals surface area contributed by atoms with Crippen LogP contribution in [0.25, 0.3) is 0 Å². The van der Waals surface area contributed by atoms with Crippen molar-refractivity contribution in [3.05, 3.63) is 10.5 Å². The van der Waals surface area contributed by atoms with Gasteiger partial charge in [-0.15, -0.1) is 11.3 Å². The standard InChI is InChI=1S/C9H15ClN2OS/c1-3-9(2,4-5-13)12-8-11-7(10)6-14-8/h6,13H,3-5H2,1-2H3,(H,11,12). The van der Waals surface area contributed by atoms with Crippen LogP contribution in [-0.2, 0) is 0 Å². The van der Waals surface area contributed by atoms with Gasteiger partial charge < -0.3 is 10.4 Å². The van der Waals surface area contributed by atoms with Gasteiger partial charge in [0.1, 0.15) is 5.15 Å². The van der Waals surface area contributed by atoms with Gasteiger partial charge in [0.25, 0.3) is 0 Å². The third-order valence-electron chi connectivity index (χ3n) is 2.33. The number of nitrogens with zero attached hydrogens (tertiary/aromatic N) is 1. The number of nitrogens with one attached hydrogen (secondary N) is 1. The van der Waals surface area contributed by atoms with E-state index in [-0.39, 0.29) is 12.1 Å². The Morgan fingerprint density at radius 2 is 2.43 bits per heavy atom. The maximum absolute atomic E-state index is 8.93. The lowest BCUT2D eigenvalue weighted by Crippen LogP contribution is -2.34. The van der Waals surface area contributed by atoms with E-state index in [1.54, 1.807) is 5.38 Å². The molecule has 0 spiro atoms. The summed E-state index contributed by atoms with van der Waals surface area (Å²) in [4.78, 5) is 4.12. The third-order valence-corrected chi connectivity index (χ3v) is 3.41.